The summed E-state index contributed by atoms with van der Waals surface area (Å²) in [6.45, 7) is 2.22. The number of aliphatic hydroxyl groups is 1. The van der Waals surface area contributed by atoms with Crippen LogP contribution in [0.15, 0.2) is 18.6 Å². The lowest BCUT2D eigenvalue weighted by Crippen LogP contribution is -2.00. The Labute approximate surface area is 97.9 Å². The third-order valence-electron chi connectivity index (χ3n) is 2.78. The van der Waals surface area contributed by atoms with Crippen LogP contribution in [0.3, 0.4) is 0 Å². The van der Waals surface area contributed by atoms with Crippen LogP contribution >= 0.6 is 0 Å². The molecule has 0 bridgehead atoms. The summed E-state index contributed by atoms with van der Waals surface area (Å²) in [5, 5.41) is 9.83. The molecule has 0 aliphatic carbocycles. The summed E-state index contributed by atoms with van der Waals surface area (Å²) < 4.78 is 0. The lowest BCUT2D eigenvalue weighted by atomic mass is 10.1. The van der Waals surface area contributed by atoms with Crippen molar-refractivity contribution in [2.75, 3.05) is 0 Å². The summed E-state index contributed by atoms with van der Waals surface area (Å²) in [6.07, 6.45) is 11.0. The quantitative estimate of drug-likeness (QED) is 0.687. The van der Waals surface area contributed by atoms with Crippen LogP contribution in [0.4, 0.5) is 0 Å². The van der Waals surface area contributed by atoms with Gasteiger partial charge in [0.15, 0.2) is 0 Å². The highest BCUT2D eigenvalue weighted by Gasteiger charge is 2.07. The fraction of sp³-hybridized carbons (Fsp3) is 0.692. The van der Waals surface area contributed by atoms with Gasteiger partial charge < -0.3 is 5.11 Å². The Balaban J connectivity index is 2.09. The summed E-state index contributed by atoms with van der Waals surface area (Å²) in [5.41, 5.74) is 0.739. The van der Waals surface area contributed by atoms with Crippen LogP contribution in [0, 0.1) is 0 Å². The summed E-state index contributed by atoms with van der Waals surface area (Å²) in [7, 11) is 0. The summed E-state index contributed by atoms with van der Waals surface area (Å²) in [6, 6.07) is 1.78. The van der Waals surface area contributed by atoms with Crippen LogP contribution < -0.4 is 0 Å². The molecule has 1 N–H and O–H groups in total. The summed E-state index contributed by atoms with van der Waals surface area (Å²) in [5.74, 6) is 0. The van der Waals surface area contributed by atoms with Gasteiger partial charge in [0, 0.05) is 6.20 Å². The number of aromatic nitrogens is 2. The molecule has 1 heterocycles. The Hall–Kier alpha value is -0.960. The summed E-state index contributed by atoms with van der Waals surface area (Å²) >= 11 is 0. The fourth-order valence-electron chi connectivity index (χ4n) is 1.76. The van der Waals surface area contributed by atoms with E-state index in [0.29, 0.717) is 0 Å². The van der Waals surface area contributed by atoms with Gasteiger partial charge in [-0.15, -0.1) is 0 Å². The molecular formula is C13H22N2O. The Morgan fingerprint density at radius 1 is 1.19 bits per heavy atom. The van der Waals surface area contributed by atoms with Gasteiger partial charge in [0.25, 0.3) is 0 Å². The van der Waals surface area contributed by atoms with Gasteiger partial charge in [0.1, 0.15) is 6.33 Å². The average Bonchev–Trinajstić information content (AvgIpc) is 2.34. The molecule has 3 heteroatoms. The molecule has 1 unspecified atom stereocenters. The van der Waals surface area contributed by atoms with E-state index in [1.54, 1.807) is 12.3 Å². The highest BCUT2D eigenvalue weighted by Crippen LogP contribution is 2.17. The van der Waals surface area contributed by atoms with E-state index < -0.39 is 6.10 Å². The number of hydrogen-bond acceptors (Lipinski definition) is 3. The van der Waals surface area contributed by atoms with E-state index in [0.717, 1.165) is 18.5 Å². The molecule has 0 saturated carbocycles. The van der Waals surface area contributed by atoms with Gasteiger partial charge in [-0.3, -0.25) is 0 Å². The van der Waals surface area contributed by atoms with E-state index in [4.69, 9.17) is 0 Å². The molecule has 0 radical (unpaired) electrons. The standard InChI is InChI=1S/C13H22N2O/c1-2-3-4-5-6-7-8-13(16)12-9-10-14-11-15-12/h9-11,13,16H,2-8H2,1H3. The van der Waals surface area contributed by atoms with Crippen molar-refractivity contribution in [3.05, 3.63) is 24.3 Å². The third kappa shape index (κ3) is 5.21. The zero-order chi connectivity index (χ0) is 11.6. The molecule has 0 amide bonds. The van der Waals surface area contributed by atoms with E-state index in [2.05, 4.69) is 16.9 Å². The molecule has 1 aromatic heterocycles. The van der Waals surface area contributed by atoms with Gasteiger partial charge in [0.05, 0.1) is 11.8 Å². The smallest absolute Gasteiger partial charge is 0.115 e. The van der Waals surface area contributed by atoms with E-state index in [9.17, 15) is 5.11 Å². The molecule has 0 aliphatic rings. The zero-order valence-corrected chi connectivity index (χ0v) is 10.1. The van der Waals surface area contributed by atoms with Crippen LogP contribution in [0.2, 0.25) is 0 Å². The lowest BCUT2D eigenvalue weighted by Gasteiger charge is -2.08. The van der Waals surface area contributed by atoms with Crippen molar-refractivity contribution < 1.29 is 5.11 Å². The SMILES string of the molecule is CCCCCCCCC(O)c1ccncn1. The molecule has 3 nitrogen and oxygen atoms in total. The minimum atomic E-state index is -0.422. The Morgan fingerprint density at radius 2 is 1.94 bits per heavy atom. The van der Waals surface area contributed by atoms with Crippen molar-refractivity contribution in [3.63, 3.8) is 0 Å². The predicted octanol–water partition coefficient (Wildman–Crippen LogP) is 3.26. The van der Waals surface area contributed by atoms with Crippen LogP contribution in [-0.4, -0.2) is 15.1 Å². The molecule has 16 heavy (non-hydrogen) atoms. The maximum absolute atomic E-state index is 9.83. The maximum Gasteiger partial charge on any atom is 0.115 e. The van der Waals surface area contributed by atoms with Crippen molar-refractivity contribution in [2.45, 2.75) is 58.0 Å². The van der Waals surface area contributed by atoms with Gasteiger partial charge in [-0.1, -0.05) is 45.4 Å². The number of unbranched alkanes of at least 4 members (excludes halogenated alkanes) is 5. The van der Waals surface area contributed by atoms with Crippen LogP contribution in [0.1, 0.15) is 63.7 Å². The molecule has 0 aromatic carbocycles. The topological polar surface area (TPSA) is 46.0 Å². The normalized spacial score (nSPS) is 12.6. The first-order chi connectivity index (χ1) is 7.84. The Morgan fingerprint density at radius 3 is 2.62 bits per heavy atom. The number of nitrogens with zero attached hydrogens (tertiary/aromatic N) is 2. The highest BCUT2D eigenvalue weighted by atomic mass is 16.3. The molecule has 0 saturated heterocycles. The van der Waals surface area contributed by atoms with Crippen molar-refractivity contribution in [1.29, 1.82) is 0 Å². The molecule has 0 aliphatic heterocycles. The van der Waals surface area contributed by atoms with Gasteiger partial charge in [0.2, 0.25) is 0 Å². The monoisotopic (exact) mass is 222 g/mol. The first-order valence-corrected chi connectivity index (χ1v) is 6.28. The van der Waals surface area contributed by atoms with Crippen LogP contribution in [0.25, 0.3) is 0 Å². The van der Waals surface area contributed by atoms with Crippen molar-refractivity contribution in [3.8, 4) is 0 Å². The second kappa shape index (κ2) is 8.22. The Bertz CT molecular complexity index is 264. The van der Waals surface area contributed by atoms with E-state index in [1.165, 1.54) is 38.4 Å². The second-order valence-corrected chi connectivity index (χ2v) is 4.21. The number of hydrogen-bond donors (Lipinski definition) is 1. The van der Waals surface area contributed by atoms with Gasteiger partial charge in [-0.25, -0.2) is 9.97 Å². The van der Waals surface area contributed by atoms with Gasteiger partial charge in [-0.05, 0) is 12.5 Å². The van der Waals surface area contributed by atoms with Crippen LogP contribution in [0.5, 0.6) is 0 Å². The predicted molar refractivity (Wildman–Crippen MR) is 65.0 cm³/mol. The summed E-state index contributed by atoms with van der Waals surface area (Å²) in [4.78, 5) is 7.88. The molecule has 1 atom stereocenters. The highest BCUT2D eigenvalue weighted by molar-refractivity contribution is 5.01. The van der Waals surface area contributed by atoms with E-state index in [1.807, 2.05) is 0 Å². The number of aliphatic hydroxyl groups excluding tert-OH is 1. The molecule has 0 spiro atoms. The van der Waals surface area contributed by atoms with Crippen molar-refractivity contribution in [1.82, 2.24) is 9.97 Å². The first kappa shape index (κ1) is 13.1. The minimum absolute atomic E-state index is 0.422. The maximum atomic E-state index is 9.83. The molecule has 90 valence electrons. The van der Waals surface area contributed by atoms with E-state index >= 15 is 0 Å². The molecule has 1 aromatic rings. The number of rotatable bonds is 8. The zero-order valence-electron chi connectivity index (χ0n) is 10.1. The second-order valence-electron chi connectivity index (χ2n) is 4.21. The van der Waals surface area contributed by atoms with Crippen molar-refractivity contribution >= 4 is 0 Å². The van der Waals surface area contributed by atoms with Gasteiger partial charge >= 0.3 is 0 Å². The van der Waals surface area contributed by atoms with E-state index in [-0.39, 0.29) is 0 Å². The lowest BCUT2D eigenvalue weighted by molar-refractivity contribution is 0.158. The average molecular weight is 222 g/mol. The van der Waals surface area contributed by atoms with Crippen LogP contribution in [-0.2, 0) is 0 Å². The molecule has 0 fully saturated rings. The van der Waals surface area contributed by atoms with Gasteiger partial charge in [-0.2, -0.15) is 0 Å². The minimum Gasteiger partial charge on any atom is -0.387 e. The largest absolute Gasteiger partial charge is 0.387 e. The molecular weight excluding hydrogens is 200 g/mol. The van der Waals surface area contributed by atoms with Crippen molar-refractivity contribution in [2.24, 2.45) is 0 Å². The fourth-order valence-corrected chi connectivity index (χ4v) is 1.76. The first-order valence-electron chi connectivity index (χ1n) is 6.28. The Kier molecular flexibility index (Phi) is 6.74. The molecule has 1 rings (SSSR count). The third-order valence-corrected chi connectivity index (χ3v) is 2.78.